The van der Waals surface area contributed by atoms with E-state index in [1.165, 1.54) is 6.08 Å². The van der Waals surface area contributed by atoms with E-state index in [-0.39, 0.29) is 0 Å². The van der Waals surface area contributed by atoms with Gasteiger partial charge in [-0.2, -0.15) is 4.99 Å². The zero-order chi connectivity index (χ0) is 10.6. The minimum atomic E-state index is -0.737. The lowest BCUT2D eigenvalue weighted by Crippen LogP contribution is -2.04. The molecule has 0 bridgehead atoms. The Morgan fingerprint density at radius 3 is 2.29 bits per heavy atom. The van der Waals surface area contributed by atoms with Crippen molar-refractivity contribution in [3.63, 3.8) is 0 Å². The Hall–Kier alpha value is -0.820. The molecule has 2 nitrogen and oxygen atoms in total. The van der Waals surface area contributed by atoms with Crippen molar-refractivity contribution in [2.24, 2.45) is 4.99 Å². The van der Waals surface area contributed by atoms with Gasteiger partial charge in [-0.05, 0) is 12.5 Å². The number of carbonyl (C=O) groups excluding carboxylic acids is 1. The van der Waals surface area contributed by atoms with Crippen LogP contribution in [0.15, 0.2) is 29.3 Å². The standard InChI is InChI=1S/C10H9Cl2NO/c1-7-2-4-8(5-3-7)9(10(11)12)13-6-14/h2-5,9-10H,1H3. The summed E-state index contributed by atoms with van der Waals surface area (Å²) < 4.78 is 0. The fourth-order valence-corrected chi connectivity index (χ4v) is 1.50. The number of nitrogens with zero attached hydrogens (tertiary/aromatic N) is 1. The molecule has 0 fully saturated rings. The lowest BCUT2D eigenvalue weighted by molar-refractivity contribution is 0.559. The number of rotatable bonds is 3. The molecule has 1 atom stereocenters. The maximum Gasteiger partial charge on any atom is 0.235 e. The molecule has 1 aromatic rings. The summed E-state index contributed by atoms with van der Waals surface area (Å²) in [6, 6.07) is 6.99. The third-order valence-corrected chi connectivity index (χ3v) is 2.33. The van der Waals surface area contributed by atoms with Crippen molar-refractivity contribution in [1.82, 2.24) is 0 Å². The van der Waals surface area contributed by atoms with Gasteiger partial charge in [-0.25, -0.2) is 4.79 Å². The molecule has 14 heavy (non-hydrogen) atoms. The molecule has 0 aliphatic heterocycles. The monoisotopic (exact) mass is 229 g/mol. The van der Waals surface area contributed by atoms with Crippen LogP contribution in [0.4, 0.5) is 0 Å². The zero-order valence-electron chi connectivity index (χ0n) is 7.58. The highest BCUT2D eigenvalue weighted by Crippen LogP contribution is 2.27. The van der Waals surface area contributed by atoms with Gasteiger partial charge >= 0.3 is 0 Å². The minimum Gasteiger partial charge on any atom is -0.211 e. The molecule has 0 spiro atoms. The van der Waals surface area contributed by atoms with Crippen molar-refractivity contribution >= 4 is 29.3 Å². The largest absolute Gasteiger partial charge is 0.235 e. The number of aryl methyl sites for hydroxylation is 1. The van der Waals surface area contributed by atoms with Crippen LogP contribution in [-0.4, -0.2) is 10.9 Å². The molecule has 4 heteroatoms. The van der Waals surface area contributed by atoms with Crippen molar-refractivity contribution in [3.05, 3.63) is 35.4 Å². The van der Waals surface area contributed by atoms with E-state index in [1.54, 1.807) is 0 Å². The number of benzene rings is 1. The molecule has 0 heterocycles. The maximum atomic E-state index is 10.2. The van der Waals surface area contributed by atoms with E-state index in [1.807, 2.05) is 31.2 Å². The van der Waals surface area contributed by atoms with Crippen LogP contribution >= 0.6 is 23.2 Å². The third-order valence-electron chi connectivity index (χ3n) is 1.85. The highest BCUT2D eigenvalue weighted by Gasteiger charge is 2.17. The van der Waals surface area contributed by atoms with Crippen molar-refractivity contribution < 1.29 is 4.79 Å². The van der Waals surface area contributed by atoms with E-state index >= 15 is 0 Å². The Kier molecular flexibility index (Phi) is 4.15. The molecule has 0 radical (unpaired) electrons. The first-order valence-electron chi connectivity index (χ1n) is 4.07. The Balaban J connectivity index is 2.99. The quantitative estimate of drug-likeness (QED) is 0.445. The van der Waals surface area contributed by atoms with Crippen molar-refractivity contribution in [1.29, 1.82) is 0 Å². The second kappa shape index (κ2) is 5.16. The first-order valence-corrected chi connectivity index (χ1v) is 4.94. The molecular formula is C10H9Cl2NO. The van der Waals surface area contributed by atoms with Gasteiger partial charge in [0.25, 0.3) is 0 Å². The second-order valence-electron chi connectivity index (χ2n) is 2.91. The molecule has 0 saturated heterocycles. The first-order chi connectivity index (χ1) is 6.65. The molecular weight excluding hydrogens is 221 g/mol. The van der Waals surface area contributed by atoms with Crippen LogP contribution in [0.5, 0.6) is 0 Å². The van der Waals surface area contributed by atoms with Gasteiger partial charge in [0, 0.05) is 0 Å². The Morgan fingerprint density at radius 1 is 1.29 bits per heavy atom. The maximum absolute atomic E-state index is 10.2. The van der Waals surface area contributed by atoms with Crippen LogP contribution in [0.1, 0.15) is 17.2 Å². The normalized spacial score (nSPS) is 12.3. The molecule has 0 aromatic heterocycles. The summed E-state index contributed by atoms with van der Waals surface area (Å²) in [5.41, 5.74) is 1.94. The number of hydrogen-bond acceptors (Lipinski definition) is 2. The average Bonchev–Trinajstić information content (AvgIpc) is 2.15. The first kappa shape index (κ1) is 11.3. The van der Waals surface area contributed by atoms with Crippen LogP contribution in [-0.2, 0) is 4.79 Å². The lowest BCUT2D eigenvalue weighted by atomic mass is 10.1. The summed E-state index contributed by atoms with van der Waals surface area (Å²) in [5.74, 6) is 0. The SMILES string of the molecule is Cc1ccc(C(N=C=O)C(Cl)Cl)cc1. The molecule has 0 N–H and O–H groups in total. The predicted octanol–water partition coefficient (Wildman–Crippen LogP) is 3.18. The van der Waals surface area contributed by atoms with Crippen molar-refractivity contribution in [3.8, 4) is 0 Å². The molecule has 0 saturated carbocycles. The van der Waals surface area contributed by atoms with Gasteiger partial charge in [-0.3, -0.25) is 0 Å². The van der Waals surface area contributed by atoms with Gasteiger partial charge in [0.1, 0.15) is 10.9 Å². The number of hydrogen-bond donors (Lipinski definition) is 0. The topological polar surface area (TPSA) is 29.4 Å². The lowest BCUT2D eigenvalue weighted by Gasteiger charge is -2.11. The molecule has 1 rings (SSSR count). The highest BCUT2D eigenvalue weighted by atomic mass is 35.5. The molecule has 1 aromatic carbocycles. The zero-order valence-corrected chi connectivity index (χ0v) is 9.09. The summed E-state index contributed by atoms with van der Waals surface area (Å²) in [7, 11) is 0. The Morgan fingerprint density at radius 2 is 1.86 bits per heavy atom. The Labute approximate surface area is 92.6 Å². The van der Waals surface area contributed by atoms with Crippen LogP contribution in [0.25, 0.3) is 0 Å². The minimum absolute atomic E-state index is 0.531. The summed E-state index contributed by atoms with van der Waals surface area (Å²) in [4.78, 5) is 13.0. The fourth-order valence-electron chi connectivity index (χ4n) is 1.10. The van der Waals surface area contributed by atoms with Gasteiger partial charge in [-0.15, -0.1) is 23.2 Å². The highest BCUT2D eigenvalue weighted by molar-refractivity contribution is 6.44. The predicted molar refractivity (Wildman–Crippen MR) is 57.5 cm³/mol. The molecule has 0 amide bonds. The van der Waals surface area contributed by atoms with Gasteiger partial charge in [0.2, 0.25) is 6.08 Å². The van der Waals surface area contributed by atoms with Gasteiger partial charge < -0.3 is 0 Å². The molecule has 1 unspecified atom stereocenters. The van der Waals surface area contributed by atoms with E-state index in [2.05, 4.69) is 4.99 Å². The van der Waals surface area contributed by atoms with Crippen molar-refractivity contribution in [2.45, 2.75) is 17.8 Å². The second-order valence-corrected chi connectivity index (χ2v) is 4.07. The third kappa shape index (κ3) is 2.85. The van der Waals surface area contributed by atoms with Crippen LogP contribution < -0.4 is 0 Å². The molecule has 74 valence electrons. The van der Waals surface area contributed by atoms with Crippen LogP contribution in [0.2, 0.25) is 0 Å². The van der Waals surface area contributed by atoms with E-state index in [4.69, 9.17) is 23.2 Å². The molecule has 0 aliphatic rings. The van der Waals surface area contributed by atoms with Gasteiger partial charge in [0.05, 0.1) is 0 Å². The summed E-state index contributed by atoms with van der Waals surface area (Å²) in [6.07, 6.45) is 1.47. The van der Waals surface area contributed by atoms with Crippen LogP contribution in [0.3, 0.4) is 0 Å². The van der Waals surface area contributed by atoms with Crippen molar-refractivity contribution in [2.75, 3.05) is 0 Å². The Bertz CT molecular complexity index is 342. The van der Waals surface area contributed by atoms with Gasteiger partial charge in [-0.1, -0.05) is 29.8 Å². The van der Waals surface area contributed by atoms with Gasteiger partial charge in [0.15, 0.2) is 0 Å². The van der Waals surface area contributed by atoms with E-state index in [9.17, 15) is 4.79 Å². The number of aliphatic imine (C=N–C) groups is 1. The summed E-state index contributed by atoms with van der Waals surface area (Å²) in [6.45, 7) is 1.97. The number of alkyl halides is 2. The van der Waals surface area contributed by atoms with E-state index < -0.39 is 10.9 Å². The van der Waals surface area contributed by atoms with E-state index in [0.717, 1.165) is 11.1 Å². The molecule has 0 aliphatic carbocycles. The summed E-state index contributed by atoms with van der Waals surface area (Å²) >= 11 is 11.4. The van der Waals surface area contributed by atoms with Crippen LogP contribution in [0, 0.1) is 6.92 Å². The summed E-state index contributed by atoms with van der Waals surface area (Å²) in [5, 5.41) is 0. The number of halogens is 2. The van der Waals surface area contributed by atoms with E-state index in [0.29, 0.717) is 0 Å². The average molecular weight is 230 g/mol. The number of isocyanates is 1. The smallest absolute Gasteiger partial charge is 0.211 e. The fraction of sp³-hybridized carbons (Fsp3) is 0.300.